The molecule has 0 aliphatic rings. The zero-order valence-corrected chi connectivity index (χ0v) is 14.8. The maximum atomic E-state index is 4.59. The minimum Gasteiger partial charge on any atom is -0.366 e. The van der Waals surface area contributed by atoms with Gasteiger partial charge in [-0.1, -0.05) is 35.9 Å². The summed E-state index contributed by atoms with van der Waals surface area (Å²) >= 11 is 0. The van der Waals surface area contributed by atoms with Crippen molar-refractivity contribution >= 4 is 11.8 Å². The summed E-state index contributed by atoms with van der Waals surface area (Å²) in [6.45, 7) is 6.94. The number of hydrogen-bond donors (Lipinski definition) is 2. The van der Waals surface area contributed by atoms with E-state index in [4.69, 9.17) is 0 Å². The van der Waals surface area contributed by atoms with Crippen LogP contribution in [0.5, 0.6) is 0 Å². The molecule has 0 fully saturated rings. The van der Waals surface area contributed by atoms with Gasteiger partial charge in [-0.15, -0.1) is 0 Å². The summed E-state index contributed by atoms with van der Waals surface area (Å²) in [5.74, 6) is 1.38. The van der Waals surface area contributed by atoms with Crippen LogP contribution in [0.4, 0.5) is 11.8 Å². The number of benzene rings is 1. The van der Waals surface area contributed by atoms with E-state index in [0.29, 0.717) is 12.5 Å². The molecule has 3 rings (SSSR count). The van der Waals surface area contributed by atoms with Gasteiger partial charge in [0.05, 0.1) is 11.4 Å². The smallest absolute Gasteiger partial charge is 0.225 e. The number of anilines is 2. The minimum atomic E-state index is 0.253. The van der Waals surface area contributed by atoms with Crippen LogP contribution in [0.1, 0.15) is 25.0 Å². The van der Waals surface area contributed by atoms with Crippen LogP contribution in [0.15, 0.2) is 54.7 Å². The molecule has 1 aromatic carbocycles. The van der Waals surface area contributed by atoms with Crippen LogP contribution >= 0.6 is 0 Å². The van der Waals surface area contributed by atoms with Crippen LogP contribution < -0.4 is 10.6 Å². The maximum absolute atomic E-state index is 4.59. The topological polar surface area (TPSA) is 62.7 Å². The van der Waals surface area contributed by atoms with Crippen molar-refractivity contribution in [3.63, 3.8) is 0 Å². The van der Waals surface area contributed by atoms with Crippen LogP contribution in [0.2, 0.25) is 0 Å². The molecule has 0 amide bonds. The number of nitrogens with one attached hydrogen (secondary N) is 2. The van der Waals surface area contributed by atoms with E-state index >= 15 is 0 Å². The van der Waals surface area contributed by atoms with Crippen molar-refractivity contribution in [2.75, 3.05) is 10.6 Å². The summed E-state index contributed by atoms with van der Waals surface area (Å²) in [5.41, 5.74) is 4.09. The molecule has 128 valence electrons. The van der Waals surface area contributed by atoms with Crippen molar-refractivity contribution in [1.82, 2.24) is 15.0 Å². The van der Waals surface area contributed by atoms with Crippen LogP contribution in [-0.4, -0.2) is 21.0 Å². The lowest BCUT2D eigenvalue weighted by Gasteiger charge is -2.13. The van der Waals surface area contributed by atoms with Gasteiger partial charge < -0.3 is 10.6 Å². The van der Waals surface area contributed by atoms with Gasteiger partial charge in [-0.25, -0.2) is 4.98 Å². The van der Waals surface area contributed by atoms with E-state index in [-0.39, 0.29) is 6.04 Å². The highest BCUT2D eigenvalue weighted by Gasteiger charge is 2.08. The molecule has 0 saturated carbocycles. The molecular weight excluding hydrogens is 310 g/mol. The monoisotopic (exact) mass is 333 g/mol. The average molecular weight is 333 g/mol. The third-order valence-corrected chi connectivity index (χ3v) is 3.63. The quantitative estimate of drug-likeness (QED) is 0.705. The van der Waals surface area contributed by atoms with Crippen molar-refractivity contribution in [1.29, 1.82) is 0 Å². The first-order valence-electron chi connectivity index (χ1n) is 8.46. The summed E-state index contributed by atoms with van der Waals surface area (Å²) in [4.78, 5) is 13.6. The van der Waals surface area contributed by atoms with E-state index in [2.05, 4.69) is 70.6 Å². The summed E-state index contributed by atoms with van der Waals surface area (Å²) in [5, 5.41) is 6.67. The first-order valence-corrected chi connectivity index (χ1v) is 8.46. The molecule has 0 unspecified atom stereocenters. The molecule has 5 nitrogen and oxygen atoms in total. The van der Waals surface area contributed by atoms with Crippen LogP contribution in [-0.2, 0) is 6.54 Å². The highest BCUT2D eigenvalue weighted by atomic mass is 15.2. The van der Waals surface area contributed by atoms with Crippen molar-refractivity contribution in [3.8, 4) is 11.4 Å². The molecule has 2 aromatic heterocycles. The first-order chi connectivity index (χ1) is 12.1. The summed E-state index contributed by atoms with van der Waals surface area (Å²) in [7, 11) is 0. The molecule has 2 heterocycles. The fraction of sp³-hybridized carbons (Fsp3) is 0.250. The minimum absolute atomic E-state index is 0.253. The van der Waals surface area contributed by atoms with Crippen LogP contribution in [0, 0.1) is 6.92 Å². The fourth-order valence-corrected chi connectivity index (χ4v) is 2.52. The van der Waals surface area contributed by atoms with Crippen LogP contribution in [0.25, 0.3) is 11.4 Å². The predicted molar refractivity (Wildman–Crippen MR) is 103 cm³/mol. The number of pyridine rings is 1. The second kappa shape index (κ2) is 7.75. The van der Waals surface area contributed by atoms with E-state index in [1.54, 1.807) is 6.20 Å². The van der Waals surface area contributed by atoms with Gasteiger partial charge in [-0.2, -0.15) is 4.98 Å². The van der Waals surface area contributed by atoms with Crippen molar-refractivity contribution < 1.29 is 0 Å². The molecule has 0 bridgehead atoms. The molecule has 3 aromatic rings. The Labute approximate surface area is 148 Å². The SMILES string of the molecule is Cc1cccc(CNc2cc(-c3ccccn3)nc(NC(C)C)n2)c1. The number of aromatic nitrogens is 3. The molecule has 0 aliphatic heterocycles. The summed E-state index contributed by atoms with van der Waals surface area (Å²) < 4.78 is 0. The number of rotatable bonds is 6. The number of hydrogen-bond acceptors (Lipinski definition) is 5. The van der Waals surface area contributed by atoms with Gasteiger partial charge in [0.15, 0.2) is 0 Å². The van der Waals surface area contributed by atoms with E-state index < -0.39 is 0 Å². The van der Waals surface area contributed by atoms with Gasteiger partial charge in [0.2, 0.25) is 5.95 Å². The molecule has 5 heteroatoms. The van der Waals surface area contributed by atoms with E-state index in [9.17, 15) is 0 Å². The Hall–Kier alpha value is -2.95. The van der Waals surface area contributed by atoms with Crippen molar-refractivity contribution in [2.24, 2.45) is 0 Å². The third-order valence-electron chi connectivity index (χ3n) is 3.63. The molecule has 2 N–H and O–H groups in total. The maximum Gasteiger partial charge on any atom is 0.225 e. The lowest BCUT2D eigenvalue weighted by Crippen LogP contribution is -2.14. The van der Waals surface area contributed by atoms with Gasteiger partial charge in [0, 0.05) is 24.8 Å². The van der Waals surface area contributed by atoms with Crippen molar-refractivity contribution in [3.05, 3.63) is 65.9 Å². The molecule has 0 radical (unpaired) electrons. The number of aryl methyl sites for hydroxylation is 1. The van der Waals surface area contributed by atoms with Gasteiger partial charge in [-0.3, -0.25) is 4.98 Å². The normalized spacial score (nSPS) is 10.7. The Morgan fingerprint density at radius 1 is 0.960 bits per heavy atom. The standard InChI is InChI=1S/C20H23N5/c1-14(2)23-20-24-18(17-9-4-5-10-21-17)12-19(25-20)22-13-16-8-6-7-15(3)11-16/h4-12,14H,13H2,1-3H3,(H2,22,23,24,25). The molecular formula is C20H23N5. The Morgan fingerprint density at radius 3 is 2.56 bits per heavy atom. The zero-order valence-electron chi connectivity index (χ0n) is 14.8. The van der Waals surface area contributed by atoms with Crippen LogP contribution in [0.3, 0.4) is 0 Å². The van der Waals surface area contributed by atoms with Gasteiger partial charge in [0.25, 0.3) is 0 Å². The lowest BCUT2D eigenvalue weighted by molar-refractivity contribution is 0.874. The van der Waals surface area contributed by atoms with Crippen molar-refractivity contribution in [2.45, 2.75) is 33.4 Å². The van der Waals surface area contributed by atoms with Gasteiger partial charge in [0.1, 0.15) is 5.82 Å². The molecule has 0 saturated heterocycles. The second-order valence-electron chi connectivity index (χ2n) is 6.32. The van der Waals surface area contributed by atoms with Gasteiger partial charge in [-0.05, 0) is 38.5 Å². The summed E-state index contributed by atoms with van der Waals surface area (Å²) in [6, 6.07) is 16.4. The molecule has 0 aliphatic carbocycles. The Kier molecular flexibility index (Phi) is 5.23. The average Bonchev–Trinajstić information content (AvgIpc) is 2.60. The van der Waals surface area contributed by atoms with E-state index in [1.807, 2.05) is 24.3 Å². The highest BCUT2D eigenvalue weighted by Crippen LogP contribution is 2.20. The predicted octanol–water partition coefficient (Wildman–Crippen LogP) is 4.28. The van der Waals surface area contributed by atoms with E-state index in [0.717, 1.165) is 17.2 Å². The fourth-order valence-electron chi connectivity index (χ4n) is 2.52. The lowest BCUT2D eigenvalue weighted by atomic mass is 10.1. The van der Waals surface area contributed by atoms with Gasteiger partial charge >= 0.3 is 0 Å². The highest BCUT2D eigenvalue weighted by molar-refractivity contribution is 5.61. The molecule has 0 atom stereocenters. The molecule has 25 heavy (non-hydrogen) atoms. The van der Waals surface area contributed by atoms with E-state index in [1.165, 1.54) is 11.1 Å². The zero-order chi connectivity index (χ0) is 17.6. The first kappa shape index (κ1) is 16.9. The second-order valence-corrected chi connectivity index (χ2v) is 6.32. The summed E-state index contributed by atoms with van der Waals surface area (Å²) in [6.07, 6.45) is 1.77. The molecule has 0 spiro atoms. The third kappa shape index (κ3) is 4.76. The Morgan fingerprint density at radius 2 is 1.84 bits per heavy atom. The largest absolute Gasteiger partial charge is 0.366 e. The Bertz CT molecular complexity index is 830. The Balaban J connectivity index is 1.86. The number of nitrogens with zero attached hydrogens (tertiary/aromatic N) is 3.